The number of hydrogen-bond donors (Lipinski definition) is 2. The second-order valence-corrected chi connectivity index (χ2v) is 5.54. The molecule has 1 atom stereocenters. The first-order chi connectivity index (χ1) is 9.50. The highest BCUT2D eigenvalue weighted by Gasteiger charge is 2.31. The Morgan fingerprint density at radius 1 is 1.45 bits per heavy atom. The van der Waals surface area contributed by atoms with Crippen LogP contribution in [0.3, 0.4) is 0 Å². The predicted octanol–water partition coefficient (Wildman–Crippen LogP) is 1.52. The second kappa shape index (κ2) is 6.36. The van der Waals surface area contributed by atoms with Crippen molar-refractivity contribution in [1.29, 1.82) is 0 Å². The van der Waals surface area contributed by atoms with Gasteiger partial charge in [-0.3, -0.25) is 4.90 Å². The summed E-state index contributed by atoms with van der Waals surface area (Å²) in [4.78, 5) is 2.05. The Balaban J connectivity index is 2.02. The fourth-order valence-corrected chi connectivity index (χ4v) is 2.39. The third kappa shape index (κ3) is 4.04. The average molecular weight is 277 g/mol. The number of aliphatic hydroxyl groups is 2. The van der Waals surface area contributed by atoms with Crippen LogP contribution in [-0.2, 0) is 6.54 Å². The molecule has 1 heterocycles. The van der Waals surface area contributed by atoms with Gasteiger partial charge in [0, 0.05) is 37.2 Å². The van der Waals surface area contributed by atoms with Gasteiger partial charge in [-0.25, -0.2) is 4.39 Å². The monoisotopic (exact) mass is 277 g/mol. The molecule has 2 N–H and O–H groups in total. The first-order valence-electron chi connectivity index (χ1n) is 6.83. The van der Waals surface area contributed by atoms with Gasteiger partial charge in [0.1, 0.15) is 5.82 Å². The quantitative estimate of drug-likeness (QED) is 0.823. The van der Waals surface area contributed by atoms with Gasteiger partial charge >= 0.3 is 0 Å². The molecule has 1 saturated heterocycles. The topological polar surface area (TPSA) is 43.7 Å². The van der Waals surface area contributed by atoms with Gasteiger partial charge in [-0.05, 0) is 25.5 Å². The van der Waals surface area contributed by atoms with Crippen molar-refractivity contribution in [3.8, 4) is 11.8 Å². The first-order valence-corrected chi connectivity index (χ1v) is 6.83. The van der Waals surface area contributed by atoms with Crippen molar-refractivity contribution in [1.82, 2.24) is 4.90 Å². The first kappa shape index (κ1) is 15.0. The van der Waals surface area contributed by atoms with Crippen LogP contribution in [0.5, 0.6) is 0 Å². The van der Waals surface area contributed by atoms with Crippen LogP contribution in [0.2, 0.25) is 0 Å². The van der Waals surface area contributed by atoms with Crippen LogP contribution in [0.15, 0.2) is 18.2 Å². The van der Waals surface area contributed by atoms with E-state index in [1.54, 1.807) is 12.1 Å². The van der Waals surface area contributed by atoms with Gasteiger partial charge in [-0.15, -0.1) is 0 Å². The van der Waals surface area contributed by atoms with E-state index >= 15 is 0 Å². The molecular weight excluding hydrogens is 257 g/mol. The Bertz CT molecular complexity index is 531. The number of halogens is 1. The minimum Gasteiger partial charge on any atom is -0.395 e. The van der Waals surface area contributed by atoms with Crippen LogP contribution in [-0.4, -0.2) is 40.4 Å². The summed E-state index contributed by atoms with van der Waals surface area (Å²) in [6.45, 7) is 3.69. The van der Waals surface area contributed by atoms with Crippen molar-refractivity contribution in [2.24, 2.45) is 0 Å². The Labute approximate surface area is 119 Å². The molecular formula is C16H20FNO2. The van der Waals surface area contributed by atoms with E-state index in [2.05, 4.69) is 16.7 Å². The SMILES string of the molecule is CC1(O)CCN(Cc2ccc(C#CCCO)cc2F)C1. The molecule has 0 spiro atoms. The number of β-amino-alcohol motifs (C(OH)–C–C–N with tert-alkyl or cyclic N) is 1. The van der Waals surface area contributed by atoms with Crippen LogP contribution >= 0.6 is 0 Å². The standard InChI is InChI=1S/C16H20FNO2/c1-16(20)7-8-18(12-16)11-14-6-5-13(10-15(14)17)4-2-3-9-19/h5-6,10,19-20H,3,7-9,11-12H2,1H3. The maximum absolute atomic E-state index is 14.0. The molecule has 0 amide bonds. The van der Waals surface area contributed by atoms with E-state index in [0.717, 1.165) is 13.0 Å². The molecule has 1 aromatic carbocycles. The van der Waals surface area contributed by atoms with E-state index < -0.39 is 5.60 Å². The highest BCUT2D eigenvalue weighted by Crippen LogP contribution is 2.23. The minimum atomic E-state index is -0.661. The van der Waals surface area contributed by atoms with E-state index in [0.29, 0.717) is 30.6 Å². The van der Waals surface area contributed by atoms with Crippen molar-refractivity contribution in [2.75, 3.05) is 19.7 Å². The molecule has 1 aliphatic heterocycles. The Morgan fingerprint density at radius 3 is 2.85 bits per heavy atom. The van der Waals surface area contributed by atoms with Gasteiger partial charge in [-0.1, -0.05) is 17.9 Å². The summed E-state index contributed by atoms with van der Waals surface area (Å²) in [5, 5.41) is 18.5. The molecule has 108 valence electrons. The molecule has 20 heavy (non-hydrogen) atoms. The van der Waals surface area contributed by atoms with Crippen LogP contribution < -0.4 is 0 Å². The second-order valence-electron chi connectivity index (χ2n) is 5.54. The lowest BCUT2D eigenvalue weighted by molar-refractivity contribution is 0.0677. The zero-order valence-electron chi connectivity index (χ0n) is 11.7. The van der Waals surface area contributed by atoms with E-state index in [1.807, 2.05) is 6.92 Å². The Morgan fingerprint density at radius 2 is 2.25 bits per heavy atom. The summed E-state index contributed by atoms with van der Waals surface area (Å²) in [5.74, 6) is 5.32. The fraction of sp³-hybridized carbons (Fsp3) is 0.500. The number of hydrogen-bond acceptors (Lipinski definition) is 3. The summed E-state index contributed by atoms with van der Waals surface area (Å²) >= 11 is 0. The van der Waals surface area contributed by atoms with Crippen molar-refractivity contribution in [2.45, 2.75) is 31.9 Å². The molecule has 3 nitrogen and oxygen atoms in total. The van der Waals surface area contributed by atoms with E-state index in [-0.39, 0.29) is 12.4 Å². The predicted molar refractivity (Wildman–Crippen MR) is 75.5 cm³/mol. The number of nitrogens with zero attached hydrogens (tertiary/aromatic N) is 1. The molecule has 1 aromatic rings. The van der Waals surface area contributed by atoms with Gasteiger partial charge in [0.25, 0.3) is 0 Å². The van der Waals surface area contributed by atoms with Crippen LogP contribution in [0.1, 0.15) is 30.9 Å². The fourth-order valence-electron chi connectivity index (χ4n) is 2.39. The number of aliphatic hydroxyl groups excluding tert-OH is 1. The van der Waals surface area contributed by atoms with Gasteiger partial charge in [0.2, 0.25) is 0 Å². The lowest BCUT2D eigenvalue weighted by atomic mass is 10.1. The molecule has 0 bridgehead atoms. The molecule has 0 saturated carbocycles. The Kier molecular flexibility index (Phi) is 4.77. The van der Waals surface area contributed by atoms with Crippen LogP contribution in [0.4, 0.5) is 4.39 Å². The lowest BCUT2D eigenvalue weighted by Crippen LogP contribution is -2.29. The van der Waals surface area contributed by atoms with Gasteiger partial charge < -0.3 is 10.2 Å². The number of rotatable bonds is 3. The maximum Gasteiger partial charge on any atom is 0.128 e. The maximum atomic E-state index is 14.0. The molecule has 0 radical (unpaired) electrons. The van der Waals surface area contributed by atoms with E-state index in [9.17, 15) is 9.50 Å². The molecule has 2 rings (SSSR count). The normalized spacial score (nSPS) is 22.6. The van der Waals surface area contributed by atoms with Crippen molar-refractivity contribution < 1.29 is 14.6 Å². The number of likely N-dealkylation sites (tertiary alicyclic amines) is 1. The largest absolute Gasteiger partial charge is 0.395 e. The zero-order chi connectivity index (χ0) is 14.6. The molecule has 1 fully saturated rings. The van der Waals surface area contributed by atoms with Gasteiger partial charge in [0.05, 0.1) is 12.2 Å². The summed E-state index contributed by atoms with van der Waals surface area (Å²) in [6, 6.07) is 4.95. The third-order valence-corrected chi connectivity index (χ3v) is 3.45. The Hall–Kier alpha value is -1.41. The van der Waals surface area contributed by atoms with Crippen LogP contribution in [0.25, 0.3) is 0 Å². The summed E-state index contributed by atoms with van der Waals surface area (Å²) in [5.41, 5.74) is 0.579. The van der Waals surface area contributed by atoms with Crippen molar-refractivity contribution >= 4 is 0 Å². The summed E-state index contributed by atoms with van der Waals surface area (Å²) in [7, 11) is 0. The average Bonchev–Trinajstić information content (AvgIpc) is 2.72. The van der Waals surface area contributed by atoms with Gasteiger partial charge in [0.15, 0.2) is 0 Å². The number of benzene rings is 1. The summed E-state index contributed by atoms with van der Waals surface area (Å²) in [6.07, 6.45) is 1.12. The molecule has 1 aliphatic rings. The zero-order valence-corrected chi connectivity index (χ0v) is 11.7. The minimum absolute atomic E-state index is 0.0163. The molecule has 1 unspecified atom stereocenters. The summed E-state index contributed by atoms with van der Waals surface area (Å²) < 4.78 is 14.0. The smallest absolute Gasteiger partial charge is 0.128 e. The molecule has 0 aromatic heterocycles. The van der Waals surface area contributed by atoms with Crippen LogP contribution in [0, 0.1) is 17.7 Å². The molecule has 0 aliphatic carbocycles. The highest BCUT2D eigenvalue weighted by molar-refractivity contribution is 5.37. The third-order valence-electron chi connectivity index (χ3n) is 3.45. The van der Waals surface area contributed by atoms with E-state index in [1.165, 1.54) is 6.07 Å². The molecule has 4 heteroatoms. The van der Waals surface area contributed by atoms with Crippen molar-refractivity contribution in [3.63, 3.8) is 0 Å². The van der Waals surface area contributed by atoms with Gasteiger partial charge in [-0.2, -0.15) is 0 Å². The lowest BCUT2D eigenvalue weighted by Gasteiger charge is -2.19. The van der Waals surface area contributed by atoms with E-state index in [4.69, 9.17) is 5.11 Å². The highest BCUT2D eigenvalue weighted by atomic mass is 19.1. The van der Waals surface area contributed by atoms with Crippen molar-refractivity contribution in [3.05, 3.63) is 35.1 Å².